The highest BCUT2D eigenvalue weighted by Gasteiger charge is 2.40. The number of rotatable bonds is 3. The summed E-state index contributed by atoms with van der Waals surface area (Å²) in [6.07, 6.45) is -3.49. The molecular weight excluding hydrogens is 409 g/mol. The number of nitrogens with zero attached hydrogens (tertiary/aromatic N) is 1. The highest BCUT2D eigenvalue weighted by molar-refractivity contribution is 6.11. The SMILES string of the molecule is COc1ccc(C2=Cc3c(cccc3C(F)(F)F)N(C3CCCNC3)C(=O)C2O)cc1. The van der Waals surface area contributed by atoms with Crippen molar-refractivity contribution < 1.29 is 27.8 Å². The van der Waals surface area contributed by atoms with Gasteiger partial charge in [0.25, 0.3) is 5.91 Å². The van der Waals surface area contributed by atoms with Crippen LogP contribution in [0.15, 0.2) is 42.5 Å². The van der Waals surface area contributed by atoms with Crippen LogP contribution < -0.4 is 15.0 Å². The third-order valence-corrected chi connectivity index (χ3v) is 5.77. The first-order chi connectivity index (χ1) is 14.8. The second-order valence-electron chi connectivity index (χ2n) is 7.68. The summed E-state index contributed by atoms with van der Waals surface area (Å²) in [7, 11) is 1.50. The number of anilines is 1. The van der Waals surface area contributed by atoms with Crippen LogP contribution >= 0.6 is 0 Å². The Morgan fingerprint density at radius 2 is 1.90 bits per heavy atom. The molecule has 0 radical (unpaired) electrons. The fraction of sp³-hybridized carbons (Fsp3) is 0.348. The lowest BCUT2D eigenvalue weighted by Crippen LogP contribution is -2.52. The number of carbonyl (C=O) groups excluding carboxylic acids is 1. The van der Waals surface area contributed by atoms with E-state index in [0.717, 1.165) is 19.0 Å². The molecule has 8 heteroatoms. The molecule has 2 heterocycles. The second-order valence-corrected chi connectivity index (χ2v) is 7.68. The molecule has 0 bridgehead atoms. The molecule has 1 fully saturated rings. The van der Waals surface area contributed by atoms with Crippen LogP contribution in [0, 0.1) is 0 Å². The van der Waals surface area contributed by atoms with Gasteiger partial charge in [0.2, 0.25) is 0 Å². The van der Waals surface area contributed by atoms with Crippen LogP contribution in [0.4, 0.5) is 18.9 Å². The van der Waals surface area contributed by atoms with Gasteiger partial charge in [-0.15, -0.1) is 0 Å². The maximum atomic E-state index is 13.9. The summed E-state index contributed by atoms with van der Waals surface area (Å²) in [5.74, 6) is -0.0704. The van der Waals surface area contributed by atoms with Crippen LogP contribution in [-0.4, -0.2) is 43.4 Å². The number of alkyl halides is 3. The number of fused-ring (bicyclic) bond motifs is 1. The summed E-state index contributed by atoms with van der Waals surface area (Å²) in [6, 6.07) is 9.98. The minimum atomic E-state index is -4.61. The van der Waals surface area contributed by atoms with Crippen LogP contribution in [0.2, 0.25) is 0 Å². The van der Waals surface area contributed by atoms with E-state index in [-0.39, 0.29) is 22.9 Å². The number of ether oxygens (including phenoxy) is 1. The highest BCUT2D eigenvalue weighted by atomic mass is 19.4. The molecule has 31 heavy (non-hydrogen) atoms. The van der Waals surface area contributed by atoms with E-state index in [1.165, 1.54) is 30.2 Å². The van der Waals surface area contributed by atoms with E-state index in [1.54, 1.807) is 24.3 Å². The summed E-state index contributed by atoms with van der Waals surface area (Å²) < 4.78 is 46.8. The molecule has 1 saturated heterocycles. The highest BCUT2D eigenvalue weighted by Crippen LogP contribution is 2.42. The van der Waals surface area contributed by atoms with Crippen LogP contribution in [0.1, 0.15) is 29.5 Å². The Morgan fingerprint density at radius 3 is 2.52 bits per heavy atom. The Balaban J connectivity index is 1.91. The van der Waals surface area contributed by atoms with Crippen molar-refractivity contribution >= 4 is 23.2 Å². The molecule has 0 spiro atoms. The average molecular weight is 432 g/mol. The van der Waals surface area contributed by atoms with E-state index in [4.69, 9.17) is 4.74 Å². The second kappa shape index (κ2) is 8.36. The Labute approximate surface area is 178 Å². The molecule has 2 aliphatic heterocycles. The molecule has 0 aliphatic carbocycles. The van der Waals surface area contributed by atoms with Gasteiger partial charge in [-0.25, -0.2) is 0 Å². The molecule has 0 saturated carbocycles. The number of methoxy groups -OCH3 is 1. The quantitative estimate of drug-likeness (QED) is 0.776. The zero-order valence-electron chi connectivity index (χ0n) is 16.9. The minimum Gasteiger partial charge on any atom is -0.497 e. The van der Waals surface area contributed by atoms with Crippen molar-refractivity contribution in [2.24, 2.45) is 0 Å². The molecule has 164 valence electrons. The third kappa shape index (κ3) is 4.05. The zero-order chi connectivity index (χ0) is 22.2. The molecule has 1 amide bonds. The van der Waals surface area contributed by atoms with Gasteiger partial charge in [-0.1, -0.05) is 18.2 Å². The summed E-state index contributed by atoms with van der Waals surface area (Å²) in [5.41, 5.74) is -0.218. The van der Waals surface area contributed by atoms with Crippen LogP contribution in [0.5, 0.6) is 5.75 Å². The number of halogens is 3. The van der Waals surface area contributed by atoms with Gasteiger partial charge in [0.05, 0.1) is 18.4 Å². The van der Waals surface area contributed by atoms with Gasteiger partial charge in [-0.2, -0.15) is 13.2 Å². The lowest BCUT2D eigenvalue weighted by atomic mass is 9.96. The predicted molar refractivity (Wildman–Crippen MR) is 112 cm³/mol. The van der Waals surface area contributed by atoms with Crippen molar-refractivity contribution in [1.82, 2.24) is 5.32 Å². The number of hydrogen-bond acceptors (Lipinski definition) is 4. The molecule has 2 aliphatic rings. The topological polar surface area (TPSA) is 61.8 Å². The first kappa shape index (κ1) is 21.4. The van der Waals surface area contributed by atoms with E-state index in [9.17, 15) is 23.1 Å². The zero-order valence-corrected chi connectivity index (χ0v) is 16.9. The number of piperidine rings is 1. The van der Waals surface area contributed by atoms with E-state index in [1.807, 2.05) is 0 Å². The summed E-state index contributed by atoms with van der Waals surface area (Å²) >= 11 is 0. The summed E-state index contributed by atoms with van der Waals surface area (Å²) in [5, 5.41) is 14.2. The van der Waals surface area contributed by atoms with Crippen LogP contribution in [-0.2, 0) is 11.0 Å². The first-order valence-electron chi connectivity index (χ1n) is 10.1. The van der Waals surface area contributed by atoms with Crippen molar-refractivity contribution in [2.75, 3.05) is 25.1 Å². The van der Waals surface area contributed by atoms with Gasteiger partial charge in [0.1, 0.15) is 5.75 Å². The fourth-order valence-corrected chi connectivity index (χ4v) is 4.24. The maximum absolute atomic E-state index is 13.9. The predicted octanol–water partition coefficient (Wildman–Crippen LogP) is 3.71. The molecular formula is C23H23F3N2O3. The number of amides is 1. The monoisotopic (exact) mass is 432 g/mol. The van der Waals surface area contributed by atoms with E-state index >= 15 is 0 Å². The largest absolute Gasteiger partial charge is 0.497 e. The number of nitrogens with one attached hydrogen (secondary N) is 1. The van der Waals surface area contributed by atoms with Gasteiger partial charge in [0, 0.05) is 18.2 Å². The molecule has 0 aromatic heterocycles. The Morgan fingerprint density at radius 1 is 1.16 bits per heavy atom. The van der Waals surface area contributed by atoms with E-state index in [2.05, 4.69) is 5.32 Å². The Kier molecular flexibility index (Phi) is 5.77. The summed E-state index contributed by atoms with van der Waals surface area (Å²) in [4.78, 5) is 14.7. The molecule has 2 atom stereocenters. The number of aliphatic hydroxyl groups is 1. The van der Waals surface area contributed by atoms with Crippen LogP contribution in [0.25, 0.3) is 11.6 Å². The lowest BCUT2D eigenvalue weighted by molar-refractivity contribution is -0.137. The molecule has 4 rings (SSSR count). The van der Waals surface area contributed by atoms with Crippen molar-refractivity contribution in [3.63, 3.8) is 0 Å². The molecule has 5 nitrogen and oxygen atoms in total. The van der Waals surface area contributed by atoms with Crippen molar-refractivity contribution in [1.29, 1.82) is 0 Å². The van der Waals surface area contributed by atoms with Gasteiger partial charge in [-0.3, -0.25) is 4.79 Å². The molecule has 2 unspecified atom stereocenters. The van der Waals surface area contributed by atoms with E-state index < -0.39 is 23.8 Å². The van der Waals surface area contributed by atoms with Gasteiger partial charge in [0.15, 0.2) is 6.10 Å². The lowest BCUT2D eigenvalue weighted by Gasteiger charge is -2.36. The fourth-order valence-electron chi connectivity index (χ4n) is 4.24. The standard InChI is InChI=1S/C23H23F3N2O3/c1-31-16-9-7-14(8-10-16)17-12-18-19(23(24,25)26)5-2-6-20(18)28(22(30)21(17)29)15-4-3-11-27-13-15/h2,5-10,12,15,21,27,29H,3-4,11,13H2,1H3. The minimum absolute atomic E-state index is 0.115. The van der Waals surface area contributed by atoms with Gasteiger partial charge in [-0.05, 0) is 60.9 Å². The maximum Gasteiger partial charge on any atom is 0.417 e. The Bertz CT molecular complexity index is 996. The van der Waals surface area contributed by atoms with E-state index in [0.29, 0.717) is 24.3 Å². The van der Waals surface area contributed by atoms with Crippen molar-refractivity contribution in [3.05, 3.63) is 59.2 Å². The number of benzene rings is 2. The number of carbonyl (C=O) groups is 1. The van der Waals surface area contributed by atoms with Crippen LogP contribution in [0.3, 0.4) is 0 Å². The first-order valence-corrected chi connectivity index (χ1v) is 10.1. The summed E-state index contributed by atoms with van der Waals surface area (Å²) in [6.45, 7) is 1.23. The van der Waals surface area contributed by atoms with Gasteiger partial charge < -0.3 is 20.1 Å². The third-order valence-electron chi connectivity index (χ3n) is 5.77. The average Bonchev–Trinajstić information content (AvgIpc) is 2.88. The normalized spacial score (nSPS) is 21.9. The molecule has 2 N–H and O–H groups in total. The Hall–Kier alpha value is -2.84. The smallest absolute Gasteiger partial charge is 0.417 e. The van der Waals surface area contributed by atoms with Crippen molar-refractivity contribution in [3.8, 4) is 5.75 Å². The van der Waals surface area contributed by atoms with Gasteiger partial charge >= 0.3 is 6.18 Å². The molecule has 2 aromatic carbocycles. The van der Waals surface area contributed by atoms with Crippen molar-refractivity contribution in [2.45, 2.75) is 31.2 Å². The number of aliphatic hydroxyl groups excluding tert-OH is 1. The molecule has 2 aromatic rings. The number of hydrogen-bond donors (Lipinski definition) is 2.